The van der Waals surface area contributed by atoms with Gasteiger partial charge in [-0.2, -0.15) is 5.10 Å². The number of carbonyl (C=O) groups is 2. The first-order valence-electron chi connectivity index (χ1n) is 12.4. The molecule has 192 valence electrons. The van der Waals surface area contributed by atoms with Crippen molar-refractivity contribution in [3.63, 3.8) is 0 Å². The average Bonchev–Trinajstić information content (AvgIpc) is 3.48. The zero-order chi connectivity index (χ0) is 25.3. The number of hydrogen-bond acceptors (Lipinski definition) is 6. The average molecular weight is 515 g/mol. The molecule has 2 amide bonds. The Morgan fingerprint density at radius 2 is 2.11 bits per heavy atom. The van der Waals surface area contributed by atoms with E-state index in [1.54, 1.807) is 34.0 Å². The molecule has 9 nitrogen and oxygen atoms in total. The lowest BCUT2D eigenvalue weighted by molar-refractivity contribution is -0.139. The first-order valence-corrected chi connectivity index (χ1v) is 12.7. The van der Waals surface area contributed by atoms with Crippen LogP contribution in [-0.2, 0) is 25.6 Å². The minimum absolute atomic E-state index is 0.111. The minimum atomic E-state index is -0.621. The fraction of sp³-hybridized carbons (Fsp3) is 0.500. The van der Waals surface area contributed by atoms with Crippen molar-refractivity contribution in [1.82, 2.24) is 14.7 Å². The molecule has 1 saturated carbocycles. The molecule has 1 aromatic carbocycles. The van der Waals surface area contributed by atoms with Crippen LogP contribution in [0.15, 0.2) is 48.4 Å². The number of benzene rings is 1. The highest BCUT2D eigenvalue weighted by Gasteiger charge is 2.37. The maximum Gasteiger partial charge on any atom is 0.251 e. The molecular formula is C26H31ClN4O5. The summed E-state index contributed by atoms with van der Waals surface area (Å²) in [5.74, 6) is 0.689. The van der Waals surface area contributed by atoms with Crippen molar-refractivity contribution >= 4 is 29.2 Å². The van der Waals surface area contributed by atoms with Crippen LogP contribution in [-0.4, -0.2) is 57.6 Å². The topological polar surface area (TPSA) is 94.9 Å². The molecule has 0 radical (unpaired) electrons. The van der Waals surface area contributed by atoms with Gasteiger partial charge < -0.3 is 24.4 Å². The zero-order valence-electron chi connectivity index (χ0n) is 20.5. The van der Waals surface area contributed by atoms with Gasteiger partial charge in [0.15, 0.2) is 11.6 Å². The Labute approximate surface area is 215 Å². The molecule has 2 aliphatic heterocycles. The number of rotatable bonds is 9. The molecule has 3 heterocycles. The van der Waals surface area contributed by atoms with Crippen molar-refractivity contribution in [2.75, 3.05) is 18.5 Å². The Hall–Kier alpha value is -2.88. The second-order valence-electron chi connectivity index (χ2n) is 10.0. The van der Waals surface area contributed by atoms with Gasteiger partial charge in [-0.25, -0.2) is 0 Å². The lowest BCUT2D eigenvalue weighted by Gasteiger charge is -2.33. The summed E-state index contributed by atoms with van der Waals surface area (Å²) < 4.78 is 19.1. The second kappa shape index (κ2) is 10.2. The zero-order valence-corrected chi connectivity index (χ0v) is 21.2. The van der Waals surface area contributed by atoms with Gasteiger partial charge in [0.1, 0.15) is 23.7 Å². The molecule has 36 heavy (non-hydrogen) atoms. The maximum atomic E-state index is 13.4. The Kier molecular flexibility index (Phi) is 7.05. The van der Waals surface area contributed by atoms with Gasteiger partial charge in [-0.3, -0.25) is 14.3 Å². The van der Waals surface area contributed by atoms with Crippen LogP contribution in [0.3, 0.4) is 0 Å². The highest BCUT2D eigenvalue weighted by molar-refractivity contribution is 6.32. The van der Waals surface area contributed by atoms with Crippen molar-refractivity contribution < 1.29 is 23.8 Å². The molecule has 0 bridgehead atoms. The highest BCUT2D eigenvalue weighted by Crippen LogP contribution is 2.34. The molecular weight excluding hydrogens is 484 g/mol. The molecule has 3 aliphatic rings. The smallest absolute Gasteiger partial charge is 0.251 e. The van der Waals surface area contributed by atoms with E-state index in [0.717, 1.165) is 19.3 Å². The normalized spacial score (nSPS) is 22.3. The molecule has 1 unspecified atom stereocenters. The number of aromatic nitrogens is 2. The molecule has 2 atom stereocenters. The van der Waals surface area contributed by atoms with Gasteiger partial charge in [0.2, 0.25) is 5.91 Å². The number of carbonyl (C=O) groups excluding carboxylic acids is 2. The van der Waals surface area contributed by atoms with Gasteiger partial charge in [-0.1, -0.05) is 43.0 Å². The van der Waals surface area contributed by atoms with E-state index in [2.05, 4.69) is 10.4 Å². The summed E-state index contributed by atoms with van der Waals surface area (Å²) in [6.07, 6.45) is 7.01. The van der Waals surface area contributed by atoms with Crippen LogP contribution in [0.4, 0.5) is 5.82 Å². The fourth-order valence-corrected chi connectivity index (χ4v) is 4.90. The molecule has 5 rings (SSSR count). The van der Waals surface area contributed by atoms with Gasteiger partial charge in [-0.05, 0) is 38.3 Å². The van der Waals surface area contributed by atoms with Crippen LogP contribution in [0.1, 0.15) is 39.5 Å². The summed E-state index contributed by atoms with van der Waals surface area (Å²) in [6.45, 7) is 4.97. The van der Waals surface area contributed by atoms with E-state index in [0.29, 0.717) is 47.8 Å². The fourth-order valence-electron chi connectivity index (χ4n) is 4.73. The van der Waals surface area contributed by atoms with Crippen LogP contribution >= 0.6 is 11.6 Å². The minimum Gasteiger partial charge on any atom is -0.458 e. The first-order chi connectivity index (χ1) is 17.3. The Balaban J connectivity index is 1.23. The van der Waals surface area contributed by atoms with Crippen LogP contribution < -0.4 is 10.1 Å². The van der Waals surface area contributed by atoms with E-state index in [1.165, 1.54) is 6.08 Å². The van der Waals surface area contributed by atoms with Gasteiger partial charge in [0, 0.05) is 18.3 Å². The number of halogens is 1. The predicted octanol–water partition coefficient (Wildman–Crippen LogP) is 3.99. The van der Waals surface area contributed by atoms with Gasteiger partial charge in [0.25, 0.3) is 5.91 Å². The van der Waals surface area contributed by atoms with E-state index in [4.69, 9.17) is 25.8 Å². The van der Waals surface area contributed by atoms with E-state index >= 15 is 0 Å². The second-order valence-corrected chi connectivity index (χ2v) is 10.4. The third kappa shape index (κ3) is 5.74. The number of nitrogens with one attached hydrogen (secondary N) is 1. The van der Waals surface area contributed by atoms with Crippen LogP contribution in [0.25, 0.3) is 0 Å². The third-order valence-corrected chi connectivity index (χ3v) is 7.09. The van der Waals surface area contributed by atoms with E-state index in [1.807, 2.05) is 26.0 Å². The van der Waals surface area contributed by atoms with Crippen LogP contribution in [0.5, 0.6) is 5.75 Å². The SMILES string of the molecule is CC1(C)OC[C@@H](Cn2ccc(NC(=O)C(CC3CCC3)N3CC(Oc4ccccc4Cl)=CC3=O)n2)O1. The summed E-state index contributed by atoms with van der Waals surface area (Å²) in [4.78, 5) is 27.9. The summed E-state index contributed by atoms with van der Waals surface area (Å²) >= 11 is 6.20. The van der Waals surface area contributed by atoms with Crippen LogP contribution in [0.2, 0.25) is 5.02 Å². The maximum absolute atomic E-state index is 13.4. The number of nitrogens with zero attached hydrogens (tertiary/aromatic N) is 3. The quantitative estimate of drug-likeness (QED) is 0.543. The van der Waals surface area contributed by atoms with Crippen LogP contribution in [0, 0.1) is 5.92 Å². The largest absolute Gasteiger partial charge is 0.458 e. The van der Waals surface area contributed by atoms with Crippen molar-refractivity contribution in [2.24, 2.45) is 5.92 Å². The van der Waals surface area contributed by atoms with E-state index in [-0.39, 0.29) is 24.5 Å². The summed E-state index contributed by atoms with van der Waals surface area (Å²) in [5, 5.41) is 7.84. The van der Waals surface area contributed by atoms with E-state index < -0.39 is 11.8 Å². The summed E-state index contributed by atoms with van der Waals surface area (Å²) in [7, 11) is 0. The number of para-hydroxylation sites is 1. The molecule has 1 N–H and O–H groups in total. The molecule has 2 aromatic rings. The van der Waals surface area contributed by atoms with E-state index in [9.17, 15) is 9.59 Å². The molecule has 2 fully saturated rings. The number of anilines is 1. The van der Waals surface area contributed by atoms with Gasteiger partial charge in [-0.15, -0.1) is 0 Å². The summed E-state index contributed by atoms with van der Waals surface area (Å²) in [6, 6.07) is 8.22. The third-order valence-electron chi connectivity index (χ3n) is 6.78. The Bertz CT molecular complexity index is 1160. The van der Waals surface area contributed by atoms with Crippen molar-refractivity contribution in [1.29, 1.82) is 0 Å². The van der Waals surface area contributed by atoms with Crippen molar-refractivity contribution in [3.05, 3.63) is 53.4 Å². The molecule has 1 aromatic heterocycles. The lowest BCUT2D eigenvalue weighted by atomic mass is 9.80. The molecule has 0 spiro atoms. The standard InChI is InChI=1S/C26H31ClN4O5/c1-26(2)34-16-19(36-26)14-30-11-10-23(29-30)28-25(33)21(12-17-6-5-7-17)31-15-18(13-24(31)32)35-22-9-4-3-8-20(22)27/h3-4,8-11,13,17,19,21H,5-7,12,14-16H2,1-2H3,(H,28,29,33)/t19-,21?/m1/s1. The first kappa shape index (κ1) is 24.8. The Morgan fingerprint density at radius 1 is 1.31 bits per heavy atom. The monoisotopic (exact) mass is 514 g/mol. The molecule has 10 heteroatoms. The predicted molar refractivity (Wildman–Crippen MR) is 133 cm³/mol. The molecule has 1 aliphatic carbocycles. The van der Waals surface area contributed by atoms with Crippen molar-refractivity contribution in [3.8, 4) is 5.75 Å². The lowest BCUT2D eigenvalue weighted by Crippen LogP contribution is -2.47. The Morgan fingerprint density at radius 3 is 2.81 bits per heavy atom. The number of ether oxygens (including phenoxy) is 3. The summed E-state index contributed by atoms with van der Waals surface area (Å²) in [5.41, 5.74) is 0. The molecule has 1 saturated heterocycles. The number of hydrogen-bond donors (Lipinski definition) is 1. The van der Waals surface area contributed by atoms with Crippen molar-refractivity contribution in [2.45, 2.75) is 64.0 Å². The number of amides is 2. The highest BCUT2D eigenvalue weighted by atomic mass is 35.5. The van der Waals surface area contributed by atoms with Gasteiger partial charge in [0.05, 0.1) is 24.7 Å². The van der Waals surface area contributed by atoms with Gasteiger partial charge >= 0.3 is 0 Å².